The molecule has 14 nitrogen and oxygen atoms in total. The van der Waals surface area contributed by atoms with Crippen molar-refractivity contribution in [1.82, 2.24) is 0 Å². The van der Waals surface area contributed by atoms with Gasteiger partial charge in [0, 0.05) is 30.1 Å². The summed E-state index contributed by atoms with van der Waals surface area (Å²) in [5.74, 6) is -5.76. The van der Waals surface area contributed by atoms with Gasteiger partial charge in [0.1, 0.15) is 11.2 Å². The van der Waals surface area contributed by atoms with Crippen LogP contribution in [0.3, 0.4) is 0 Å². The molecule has 2 aromatic rings. The Morgan fingerprint density at radius 2 is 0.785 bits per heavy atom. The molecule has 0 saturated heterocycles. The first kappa shape index (κ1) is 56.4. The van der Waals surface area contributed by atoms with Crippen molar-refractivity contribution >= 4 is 79.4 Å². The molecule has 2 N–H and O–H groups in total. The van der Waals surface area contributed by atoms with E-state index < -0.39 is 115 Å². The Balaban J connectivity index is 0.689. The molecule has 10 atom stereocenters. The molecule has 0 amide bonds. The van der Waals surface area contributed by atoms with Crippen LogP contribution in [0.1, 0.15) is 104 Å². The molecule has 0 spiro atoms. The van der Waals surface area contributed by atoms with Crippen molar-refractivity contribution in [3.05, 3.63) is 48.5 Å². The van der Waals surface area contributed by atoms with Crippen LogP contribution in [0.2, 0.25) is 0 Å². The smallest absolute Gasteiger partial charge is 0.402 e. The minimum absolute atomic E-state index is 0.124. The SMILES string of the molecule is CC1(OC(=O)C2C3CC(Sc4ccc(Sc5ccc(SC6CC7CC6C(C(=O)OC6(C)C8CC9CC(C8)CC6C9)C7C(=O)OCC(F)(F)S(=O)(=O)O)cc5)cc4)C(C3)C2C(=O)OCC(F)(F)S(=O)(=O)O)C2CC3CC(C2)CC1C3. The topological polar surface area (TPSA) is 214 Å². The lowest BCUT2D eigenvalue weighted by Crippen LogP contribution is -2.59. The van der Waals surface area contributed by atoms with Crippen LogP contribution in [-0.2, 0) is 58.4 Å². The maximum Gasteiger partial charge on any atom is 0.402 e. The fourth-order valence-electron chi connectivity index (χ4n) is 17.6. The number of ether oxygens (including phenoxy) is 4. The average molecular weight is 1200 g/mol. The van der Waals surface area contributed by atoms with Crippen LogP contribution in [0.4, 0.5) is 17.6 Å². The summed E-state index contributed by atoms with van der Waals surface area (Å²) in [6.45, 7) is 0.244. The zero-order valence-electron chi connectivity index (χ0n) is 43.7. The van der Waals surface area contributed by atoms with E-state index in [1.807, 2.05) is 62.4 Å². The van der Waals surface area contributed by atoms with Crippen molar-refractivity contribution in [3.8, 4) is 0 Å². The molecule has 14 rings (SSSR count). The quantitative estimate of drug-likeness (QED) is 0.0614. The number of fused-ring (bicyclic) bond motifs is 4. The van der Waals surface area contributed by atoms with Gasteiger partial charge < -0.3 is 18.9 Å². The monoisotopic (exact) mass is 1200 g/mol. The number of benzene rings is 2. The molecule has 12 aliphatic rings. The van der Waals surface area contributed by atoms with Gasteiger partial charge in [-0.1, -0.05) is 11.8 Å². The molecule has 23 heteroatoms. The van der Waals surface area contributed by atoms with E-state index in [1.165, 1.54) is 36.4 Å². The molecule has 0 heterocycles. The Morgan fingerprint density at radius 3 is 1.14 bits per heavy atom. The van der Waals surface area contributed by atoms with E-state index in [9.17, 15) is 53.6 Å². The van der Waals surface area contributed by atoms with Crippen molar-refractivity contribution in [2.75, 3.05) is 13.2 Å². The lowest BCUT2D eigenvalue weighted by Gasteiger charge is -2.59. The summed E-state index contributed by atoms with van der Waals surface area (Å²) in [5, 5.41) is -9.77. The van der Waals surface area contributed by atoms with Crippen LogP contribution in [0, 0.1) is 94.7 Å². The van der Waals surface area contributed by atoms with Crippen LogP contribution in [0.15, 0.2) is 68.1 Å². The number of hydrogen-bond donors (Lipinski definition) is 2. The fourth-order valence-corrected chi connectivity index (χ4v) is 21.8. The third-order valence-corrected chi connectivity index (χ3v) is 26.7. The Labute approximate surface area is 470 Å². The largest absolute Gasteiger partial charge is 0.459 e. The molecule has 10 unspecified atom stereocenters. The van der Waals surface area contributed by atoms with E-state index in [0.717, 1.165) is 70.9 Å². The zero-order valence-corrected chi connectivity index (χ0v) is 47.8. The highest BCUT2D eigenvalue weighted by Gasteiger charge is 2.65. The second kappa shape index (κ2) is 20.3. The van der Waals surface area contributed by atoms with E-state index in [-0.39, 0.29) is 46.0 Å². The number of alkyl halides is 4. The number of carbonyl (C=O) groups is 4. The molecule has 12 saturated carbocycles. The lowest BCUT2D eigenvalue weighted by molar-refractivity contribution is -0.211. The first-order valence-electron chi connectivity index (χ1n) is 27.9. The maximum absolute atomic E-state index is 14.5. The summed E-state index contributed by atoms with van der Waals surface area (Å²) >= 11 is 4.61. The van der Waals surface area contributed by atoms with Gasteiger partial charge >= 0.3 is 54.6 Å². The number of rotatable bonds is 18. The van der Waals surface area contributed by atoms with Crippen molar-refractivity contribution in [2.24, 2.45) is 94.7 Å². The van der Waals surface area contributed by atoms with Crippen LogP contribution in [0.5, 0.6) is 0 Å². The third-order valence-electron chi connectivity index (χ3n) is 21.1. The van der Waals surface area contributed by atoms with Gasteiger partial charge in [-0.3, -0.25) is 28.3 Å². The standard InChI is InChI=1S/C56H66F4O14S5/c1-53(33-13-27-11-28(15-33)16-34(53)14-27)73-51(63)46-32-22-41(47(46)50(62)72-26-56(59,60)79(68,69)70)43(24-32)76-39-7-3-37(4-8-39)75-38-5-9-40(10-6-38)77-44-23-31-21-42(44)48(45(31)49(61)71-25-55(57,58)78(65,66)67)52(64)74-54(2)35-17-29-12-30(19-35)20-36(54)18-29/h3-10,27-36,41-48H,11-26H2,1-2H3,(H,65,66,67)(H,68,69,70). The first-order valence-corrected chi connectivity index (χ1v) is 33.3. The first-order chi connectivity index (χ1) is 37.2. The van der Waals surface area contributed by atoms with Gasteiger partial charge in [0.25, 0.3) is 0 Å². The number of esters is 4. The van der Waals surface area contributed by atoms with Gasteiger partial charge in [0.2, 0.25) is 0 Å². The van der Waals surface area contributed by atoms with Crippen LogP contribution < -0.4 is 0 Å². The molecular formula is C56H66F4O14S5. The number of thioether (sulfide) groups is 2. The number of hydrogen-bond acceptors (Lipinski definition) is 15. The second-order valence-electron chi connectivity index (χ2n) is 25.5. The number of carbonyl (C=O) groups excluding carboxylic acids is 4. The molecular weight excluding hydrogens is 1130 g/mol. The summed E-state index contributed by atoms with van der Waals surface area (Å²) in [6.07, 6.45) is 12.2. The molecule has 12 bridgehead atoms. The minimum Gasteiger partial charge on any atom is -0.459 e. The third kappa shape index (κ3) is 10.3. The highest BCUT2D eigenvalue weighted by Crippen LogP contribution is 2.64. The Hall–Kier alpha value is -3.09. The normalized spacial score (nSPS) is 40.5. The highest BCUT2D eigenvalue weighted by atomic mass is 32.2. The van der Waals surface area contributed by atoms with Gasteiger partial charge in [-0.25, -0.2) is 0 Å². The molecule has 0 aromatic heterocycles. The van der Waals surface area contributed by atoms with E-state index >= 15 is 0 Å². The lowest BCUT2D eigenvalue weighted by atomic mass is 9.50. The maximum atomic E-state index is 14.5. The fraction of sp³-hybridized carbons (Fsp3) is 0.714. The molecule has 432 valence electrons. The van der Waals surface area contributed by atoms with Gasteiger partial charge in [-0.15, -0.1) is 23.5 Å². The van der Waals surface area contributed by atoms with Gasteiger partial charge in [0.15, 0.2) is 13.2 Å². The van der Waals surface area contributed by atoms with Crippen LogP contribution in [-0.4, -0.2) is 95.2 Å². The second-order valence-corrected chi connectivity index (χ2v) is 32.4. The Bertz CT molecular complexity index is 2920. The van der Waals surface area contributed by atoms with Gasteiger partial charge in [-0.2, -0.15) is 34.4 Å². The molecule has 0 aliphatic heterocycles. The minimum atomic E-state index is -5.87. The average Bonchev–Trinajstić information content (AvgIpc) is 4.27. The molecule has 0 radical (unpaired) electrons. The molecule has 2 aromatic carbocycles. The summed E-state index contributed by atoms with van der Waals surface area (Å²) in [5.41, 5.74) is -1.41. The van der Waals surface area contributed by atoms with Gasteiger partial charge in [0.05, 0.1) is 23.7 Å². The van der Waals surface area contributed by atoms with Gasteiger partial charge in [-0.05, 0) is 223 Å². The van der Waals surface area contributed by atoms with Crippen molar-refractivity contribution in [3.63, 3.8) is 0 Å². The summed E-state index contributed by atoms with van der Waals surface area (Å²) in [6, 6.07) is 15.7. The summed E-state index contributed by atoms with van der Waals surface area (Å²) in [7, 11) is -11.7. The molecule has 12 aliphatic carbocycles. The molecule has 12 fully saturated rings. The molecule has 79 heavy (non-hydrogen) atoms. The summed E-state index contributed by atoms with van der Waals surface area (Å²) < 4.78 is 144. The van der Waals surface area contributed by atoms with Crippen LogP contribution in [0.25, 0.3) is 0 Å². The van der Waals surface area contributed by atoms with Crippen molar-refractivity contribution < 1.29 is 81.6 Å². The van der Waals surface area contributed by atoms with Crippen molar-refractivity contribution in [1.29, 1.82) is 0 Å². The van der Waals surface area contributed by atoms with Crippen LogP contribution >= 0.6 is 35.3 Å². The van der Waals surface area contributed by atoms with E-state index in [1.54, 1.807) is 11.8 Å². The number of halogens is 4. The summed E-state index contributed by atoms with van der Waals surface area (Å²) in [4.78, 5) is 59.9. The predicted octanol–water partition coefficient (Wildman–Crippen LogP) is 10.9. The Kier molecular flexibility index (Phi) is 14.5. The van der Waals surface area contributed by atoms with E-state index in [2.05, 4.69) is 0 Å². The Morgan fingerprint density at radius 1 is 0.481 bits per heavy atom. The zero-order chi connectivity index (χ0) is 55.9. The van der Waals surface area contributed by atoms with Crippen molar-refractivity contribution in [2.45, 2.75) is 156 Å². The van der Waals surface area contributed by atoms with E-state index in [4.69, 9.17) is 28.1 Å². The highest BCUT2D eigenvalue weighted by molar-refractivity contribution is 8.00. The predicted molar refractivity (Wildman–Crippen MR) is 281 cm³/mol. The van der Waals surface area contributed by atoms with E-state index in [0.29, 0.717) is 49.4 Å².